The third kappa shape index (κ3) is 3.74. The molecule has 3 aromatic rings. The number of carbonyl (C=O) groups is 1. The SMILES string of the molecule is O=C(Cc1coc2ccc3ccccc3c12)NCCCN1CCOCC1. The third-order valence-electron chi connectivity index (χ3n) is 4.97. The van der Waals surface area contributed by atoms with Crippen molar-refractivity contribution in [3.05, 3.63) is 48.2 Å². The van der Waals surface area contributed by atoms with E-state index in [1.165, 1.54) is 0 Å². The minimum Gasteiger partial charge on any atom is -0.464 e. The smallest absolute Gasteiger partial charge is 0.224 e. The molecule has 1 aliphatic rings. The molecule has 0 saturated carbocycles. The number of amides is 1. The van der Waals surface area contributed by atoms with Crippen molar-refractivity contribution in [2.45, 2.75) is 12.8 Å². The number of carbonyl (C=O) groups excluding carboxylic acids is 1. The van der Waals surface area contributed by atoms with E-state index in [-0.39, 0.29) is 5.91 Å². The highest BCUT2D eigenvalue weighted by Crippen LogP contribution is 2.30. The van der Waals surface area contributed by atoms with Crippen LogP contribution in [0, 0.1) is 0 Å². The second-order valence-electron chi connectivity index (χ2n) is 6.76. The molecule has 5 nitrogen and oxygen atoms in total. The zero-order chi connectivity index (χ0) is 17.8. The number of furan rings is 1. The molecule has 2 heterocycles. The van der Waals surface area contributed by atoms with E-state index in [0.717, 1.165) is 66.6 Å². The number of rotatable bonds is 6. The van der Waals surface area contributed by atoms with E-state index in [2.05, 4.69) is 28.4 Å². The highest BCUT2D eigenvalue weighted by Gasteiger charge is 2.13. The van der Waals surface area contributed by atoms with E-state index < -0.39 is 0 Å². The summed E-state index contributed by atoms with van der Waals surface area (Å²) in [7, 11) is 0. The quantitative estimate of drug-likeness (QED) is 0.693. The van der Waals surface area contributed by atoms with Crippen molar-refractivity contribution in [2.75, 3.05) is 39.4 Å². The van der Waals surface area contributed by atoms with Gasteiger partial charge in [0.2, 0.25) is 5.91 Å². The van der Waals surface area contributed by atoms with Crippen LogP contribution in [0.3, 0.4) is 0 Å². The Morgan fingerprint density at radius 3 is 2.85 bits per heavy atom. The van der Waals surface area contributed by atoms with E-state index in [9.17, 15) is 4.79 Å². The summed E-state index contributed by atoms with van der Waals surface area (Å²) in [4.78, 5) is 14.7. The summed E-state index contributed by atoms with van der Waals surface area (Å²) in [6, 6.07) is 12.2. The predicted octanol–water partition coefficient (Wildman–Crippen LogP) is 2.97. The summed E-state index contributed by atoms with van der Waals surface area (Å²) in [5.41, 5.74) is 1.78. The molecule has 2 aromatic carbocycles. The van der Waals surface area contributed by atoms with Gasteiger partial charge in [-0.2, -0.15) is 0 Å². The lowest BCUT2D eigenvalue weighted by Gasteiger charge is -2.26. The lowest BCUT2D eigenvalue weighted by Crippen LogP contribution is -2.38. The summed E-state index contributed by atoms with van der Waals surface area (Å²) in [5.74, 6) is 0.0441. The molecule has 0 atom stereocenters. The van der Waals surface area contributed by atoms with Gasteiger partial charge < -0.3 is 14.5 Å². The number of hydrogen-bond acceptors (Lipinski definition) is 4. The van der Waals surface area contributed by atoms with Crippen molar-refractivity contribution < 1.29 is 13.9 Å². The molecule has 0 bridgehead atoms. The first-order valence-corrected chi connectivity index (χ1v) is 9.26. The average molecular weight is 352 g/mol. The first kappa shape index (κ1) is 17.1. The van der Waals surface area contributed by atoms with Crippen molar-refractivity contribution in [3.8, 4) is 0 Å². The van der Waals surface area contributed by atoms with Crippen LogP contribution >= 0.6 is 0 Å². The van der Waals surface area contributed by atoms with Crippen LogP contribution in [0.15, 0.2) is 47.1 Å². The zero-order valence-electron chi connectivity index (χ0n) is 14.9. The Kier molecular flexibility index (Phi) is 5.18. The Balaban J connectivity index is 1.36. The van der Waals surface area contributed by atoms with Crippen LogP contribution in [0.5, 0.6) is 0 Å². The highest BCUT2D eigenvalue weighted by molar-refractivity contribution is 6.08. The van der Waals surface area contributed by atoms with Crippen LogP contribution in [-0.2, 0) is 16.0 Å². The standard InChI is InChI=1S/C21H24N2O3/c24-20(22-8-3-9-23-10-12-25-13-11-23)14-17-15-26-19-7-6-16-4-1-2-5-18(16)21(17)19/h1-2,4-7,15H,3,8-14H2,(H,22,24). The Morgan fingerprint density at radius 2 is 1.96 bits per heavy atom. The number of fused-ring (bicyclic) bond motifs is 3. The first-order chi connectivity index (χ1) is 12.8. The van der Waals surface area contributed by atoms with Crippen molar-refractivity contribution in [1.82, 2.24) is 10.2 Å². The molecule has 1 aliphatic heterocycles. The Labute approximate surface area is 152 Å². The van der Waals surface area contributed by atoms with Crippen molar-refractivity contribution in [1.29, 1.82) is 0 Å². The molecule has 1 fully saturated rings. The minimum absolute atomic E-state index is 0.0441. The topological polar surface area (TPSA) is 54.7 Å². The molecule has 0 spiro atoms. The molecule has 0 aliphatic carbocycles. The maximum absolute atomic E-state index is 12.4. The zero-order valence-corrected chi connectivity index (χ0v) is 14.9. The number of nitrogens with one attached hydrogen (secondary N) is 1. The second-order valence-corrected chi connectivity index (χ2v) is 6.76. The van der Waals surface area contributed by atoms with Crippen molar-refractivity contribution in [2.24, 2.45) is 0 Å². The highest BCUT2D eigenvalue weighted by atomic mass is 16.5. The van der Waals surface area contributed by atoms with E-state index in [0.29, 0.717) is 13.0 Å². The molecule has 1 aromatic heterocycles. The van der Waals surface area contributed by atoms with E-state index in [1.807, 2.05) is 18.2 Å². The molecular formula is C21H24N2O3. The molecule has 4 rings (SSSR count). The molecule has 26 heavy (non-hydrogen) atoms. The molecule has 1 saturated heterocycles. The summed E-state index contributed by atoms with van der Waals surface area (Å²) >= 11 is 0. The number of morpholine rings is 1. The second kappa shape index (κ2) is 7.89. The van der Waals surface area contributed by atoms with Crippen LogP contribution in [0.4, 0.5) is 0 Å². The largest absolute Gasteiger partial charge is 0.464 e. The number of benzene rings is 2. The Bertz CT molecular complexity index is 897. The van der Waals surface area contributed by atoms with Gasteiger partial charge >= 0.3 is 0 Å². The van der Waals surface area contributed by atoms with Crippen molar-refractivity contribution >= 4 is 27.6 Å². The van der Waals surface area contributed by atoms with Crippen LogP contribution in [0.25, 0.3) is 21.7 Å². The maximum atomic E-state index is 12.4. The molecule has 0 radical (unpaired) electrons. The number of hydrogen-bond donors (Lipinski definition) is 1. The first-order valence-electron chi connectivity index (χ1n) is 9.26. The fourth-order valence-corrected chi connectivity index (χ4v) is 3.60. The van der Waals surface area contributed by atoms with E-state index in [1.54, 1.807) is 6.26 Å². The number of nitrogens with zero attached hydrogens (tertiary/aromatic N) is 1. The maximum Gasteiger partial charge on any atom is 0.224 e. The van der Waals surface area contributed by atoms with E-state index in [4.69, 9.17) is 9.15 Å². The molecule has 5 heteroatoms. The summed E-state index contributed by atoms with van der Waals surface area (Å²) < 4.78 is 11.0. The van der Waals surface area contributed by atoms with Gasteiger partial charge in [-0.05, 0) is 29.8 Å². The molecular weight excluding hydrogens is 328 g/mol. The van der Waals surface area contributed by atoms with Crippen molar-refractivity contribution in [3.63, 3.8) is 0 Å². The van der Waals surface area contributed by atoms with Crippen LogP contribution in [0.2, 0.25) is 0 Å². The number of ether oxygens (including phenoxy) is 1. The fourth-order valence-electron chi connectivity index (χ4n) is 3.60. The van der Waals surface area contributed by atoms with Gasteiger partial charge in [0.05, 0.1) is 25.9 Å². The third-order valence-corrected chi connectivity index (χ3v) is 4.97. The Hall–Kier alpha value is -2.37. The van der Waals surface area contributed by atoms with Crippen LogP contribution in [0.1, 0.15) is 12.0 Å². The van der Waals surface area contributed by atoms with Gasteiger partial charge in [-0.1, -0.05) is 30.3 Å². The van der Waals surface area contributed by atoms with Gasteiger partial charge in [0.15, 0.2) is 0 Å². The minimum atomic E-state index is 0.0441. The monoisotopic (exact) mass is 352 g/mol. The fraction of sp³-hybridized carbons (Fsp3) is 0.381. The lowest BCUT2D eigenvalue weighted by atomic mass is 10.0. The lowest BCUT2D eigenvalue weighted by molar-refractivity contribution is -0.120. The summed E-state index contributed by atoms with van der Waals surface area (Å²) in [6.07, 6.45) is 3.02. The van der Waals surface area contributed by atoms with Gasteiger partial charge in [0, 0.05) is 30.6 Å². The molecule has 1 amide bonds. The van der Waals surface area contributed by atoms with E-state index >= 15 is 0 Å². The molecule has 136 valence electrons. The van der Waals surface area contributed by atoms with Gasteiger partial charge in [-0.25, -0.2) is 0 Å². The van der Waals surface area contributed by atoms with Gasteiger partial charge in [-0.15, -0.1) is 0 Å². The average Bonchev–Trinajstić information content (AvgIpc) is 3.09. The van der Waals surface area contributed by atoms with Crippen LogP contribution in [-0.4, -0.2) is 50.2 Å². The predicted molar refractivity (Wildman–Crippen MR) is 102 cm³/mol. The molecule has 0 unspecified atom stereocenters. The van der Waals surface area contributed by atoms with Gasteiger partial charge in [0.1, 0.15) is 5.58 Å². The Morgan fingerprint density at radius 1 is 1.12 bits per heavy atom. The van der Waals surface area contributed by atoms with Gasteiger partial charge in [-0.3, -0.25) is 9.69 Å². The van der Waals surface area contributed by atoms with Crippen LogP contribution < -0.4 is 5.32 Å². The summed E-state index contributed by atoms with van der Waals surface area (Å²) in [5, 5.41) is 6.38. The normalized spacial score (nSPS) is 15.5. The summed E-state index contributed by atoms with van der Waals surface area (Å²) in [6.45, 7) is 5.31. The molecule has 1 N–H and O–H groups in total. The van der Waals surface area contributed by atoms with Gasteiger partial charge in [0.25, 0.3) is 0 Å².